The van der Waals surface area contributed by atoms with Gasteiger partial charge in [0.2, 0.25) is 12.2 Å². The summed E-state index contributed by atoms with van der Waals surface area (Å²) >= 11 is 0. The fourth-order valence-electron chi connectivity index (χ4n) is 3.72. The lowest BCUT2D eigenvalue weighted by Gasteiger charge is -2.31. The molecule has 1 atom stereocenters. The normalized spacial score (nSPS) is 19.1. The average molecular weight is 399 g/mol. The molecule has 0 aliphatic carbocycles. The number of rotatable bonds is 3. The maximum Gasteiger partial charge on any atom is 0.276 e. The van der Waals surface area contributed by atoms with Crippen molar-refractivity contribution in [1.29, 1.82) is 0 Å². The number of ether oxygens (including phenoxy) is 3. The zero-order valence-electron chi connectivity index (χ0n) is 15.2. The lowest BCUT2D eigenvalue weighted by atomic mass is 10.1. The highest BCUT2D eigenvalue weighted by Crippen LogP contribution is 2.32. The number of amides is 2. The van der Waals surface area contributed by atoms with Gasteiger partial charge in [0, 0.05) is 19.3 Å². The summed E-state index contributed by atoms with van der Waals surface area (Å²) in [5.41, 5.74) is -0.489. The first kappa shape index (κ1) is 17.6. The van der Waals surface area contributed by atoms with Crippen LogP contribution in [0.3, 0.4) is 0 Å². The van der Waals surface area contributed by atoms with Gasteiger partial charge in [0.05, 0.1) is 13.2 Å². The van der Waals surface area contributed by atoms with E-state index in [1.54, 1.807) is 18.2 Å². The van der Waals surface area contributed by atoms with Crippen molar-refractivity contribution in [3.05, 3.63) is 51.4 Å². The van der Waals surface area contributed by atoms with Crippen molar-refractivity contribution in [2.45, 2.75) is 19.3 Å². The van der Waals surface area contributed by atoms with Crippen LogP contribution in [-0.4, -0.2) is 52.6 Å². The Kier molecular flexibility index (Phi) is 3.95. The fourth-order valence-corrected chi connectivity index (χ4v) is 3.72. The number of nitrogens with one attached hydrogen (secondary N) is 1. The second kappa shape index (κ2) is 6.52. The molecule has 0 bridgehead atoms. The van der Waals surface area contributed by atoms with Crippen LogP contribution >= 0.6 is 0 Å². The summed E-state index contributed by atoms with van der Waals surface area (Å²) in [7, 11) is 0. The minimum atomic E-state index is -0.883. The van der Waals surface area contributed by atoms with Gasteiger partial charge < -0.3 is 34.1 Å². The van der Waals surface area contributed by atoms with E-state index >= 15 is 0 Å². The van der Waals surface area contributed by atoms with Gasteiger partial charge in [-0.25, -0.2) is 0 Å². The number of pyridine rings is 1. The van der Waals surface area contributed by atoms with E-state index < -0.39 is 29.2 Å². The maximum absolute atomic E-state index is 12.6. The summed E-state index contributed by atoms with van der Waals surface area (Å²) in [5, 5.41) is 13.0. The minimum Gasteiger partial charge on any atom is -0.503 e. The molecule has 150 valence electrons. The van der Waals surface area contributed by atoms with Gasteiger partial charge in [-0.1, -0.05) is 6.07 Å². The monoisotopic (exact) mass is 399 g/mol. The molecule has 4 heterocycles. The standard InChI is InChI=1S/C19H17N3O7/c23-16-11(18(25)20-6-10-1-2-12-13(5-10)29-9-28-12)7-21-8-14-22(3-4-27-14)19(26)15(21)17(16)24/h1-2,5,7,14,24H,3-4,6,8-9H2,(H,20,25). The van der Waals surface area contributed by atoms with E-state index in [0.29, 0.717) is 24.7 Å². The number of aromatic nitrogens is 1. The zero-order chi connectivity index (χ0) is 20.1. The van der Waals surface area contributed by atoms with E-state index in [2.05, 4.69) is 5.32 Å². The Bertz CT molecular complexity index is 1090. The highest BCUT2D eigenvalue weighted by molar-refractivity contribution is 5.99. The van der Waals surface area contributed by atoms with Crippen LogP contribution in [0.2, 0.25) is 0 Å². The van der Waals surface area contributed by atoms with Crippen molar-refractivity contribution >= 4 is 11.8 Å². The predicted molar refractivity (Wildman–Crippen MR) is 96.9 cm³/mol. The zero-order valence-corrected chi connectivity index (χ0v) is 15.2. The summed E-state index contributed by atoms with van der Waals surface area (Å²) in [4.78, 5) is 39.1. The molecule has 1 aromatic heterocycles. The van der Waals surface area contributed by atoms with Crippen molar-refractivity contribution in [1.82, 2.24) is 14.8 Å². The van der Waals surface area contributed by atoms with E-state index in [1.165, 1.54) is 15.7 Å². The number of hydrogen-bond donors (Lipinski definition) is 2. The van der Waals surface area contributed by atoms with E-state index in [1.807, 2.05) is 0 Å². The lowest BCUT2D eigenvalue weighted by molar-refractivity contribution is 0.00845. The van der Waals surface area contributed by atoms with E-state index in [0.717, 1.165) is 5.56 Å². The van der Waals surface area contributed by atoms with Crippen LogP contribution < -0.4 is 20.2 Å². The number of carbonyl (C=O) groups is 2. The summed E-state index contributed by atoms with van der Waals surface area (Å²) in [5.74, 6) is -0.647. The Morgan fingerprint density at radius 3 is 2.93 bits per heavy atom. The van der Waals surface area contributed by atoms with E-state index in [4.69, 9.17) is 14.2 Å². The van der Waals surface area contributed by atoms with Gasteiger partial charge in [-0.3, -0.25) is 14.4 Å². The Labute approximate surface area is 164 Å². The molecule has 0 spiro atoms. The van der Waals surface area contributed by atoms with Crippen LogP contribution in [0.15, 0.2) is 29.2 Å². The Morgan fingerprint density at radius 1 is 1.24 bits per heavy atom. The third-order valence-corrected chi connectivity index (χ3v) is 5.20. The summed E-state index contributed by atoms with van der Waals surface area (Å²) in [6.07, 6.45) is 0.824. The topological polar surface area (TPSA) is 119 Å². The molecule has 2 N–H and O–H groups in total. The second-order valence-electron chi connectivity index (χ2n) is 6.92. The van der Waals surface area contributed by atoms with Crippen molar-refractivity contribution in [2.75, 3.05) is 19.9 Å². The highest BCUT2D eigenvalue weighted by atomic mass is 16.7. The fraction of sp³-hybridized carbons (Fsp3) is 0.316. The molecule has 29 heavy (non-hydrogen) atoms. The Balaban J connectivity index is 1.40. The summed E-state index contributed by atoms with van der Waals surface area (Å²) in [6, 6.07) is 5.25. The molecule has 10 nitrogen and oxygen atoms in total. The molecule has 1 unspecified atom stereocenters. The van der Waals surface area contributed by atoms with Gasteiger partial charge in [0.1, 0.15) is 5.56 Å². The molecule has 1 fully saturated rings. The molecule has 2 amide bonds. The molecule has 3 aliphatic rings. The second-order valence-corrected chi connectivity index (χ2v) is 6.92. The van der Waals surface area contributed by atoms with Gasteiger partial charge in [-0.05, 0) is 17.7 Å². The molecule has 3 aliphatic heterocycles. The first-order chi connectivity index (χ1) is 14.0. The van der Waals surface area contributed by atoms with Crippen LogP contribution in [0.25, 0.3) is 0 Å². The Hall–Kier alpha value is -3.53. The van der Waals surface area contributed by atoms with Crippen molar-refractivity contribution in [3.8, 4) is 17.2 Å². The first-order valence-corrected chi connectivity index (χ1v) is 9.08. The average Bonchev–Trinajstić information content (AvgIpc) is 3.37. The van der Waals surface area contributed by atoms with Crippen molar-refractivity contribution < 1.29 is 28.9 Å². The molecule has 1 saturated heterocycles. The molecule has 5 rings (SSSR count). The largest absolute Gasteiger partial charge is 0.503 e. The van der Waals surface area contributed by atoms with Gasteiger partial charge in [-0.2, -0.15) is 0 Å². The molecule has 10 heteroatoms. The third-order valence-electron chi connectivity index (χ3n) is 5.20. The number of nitrogens with zero attached hydrogens (tertiary/aromatic N) is 2. The Morgan fingerprint density at radius 2 is 2.07 bits per heavy atom. The molecular weight excluding hydrogens is 382 g/mol. The van der Waals surface area contributed by atoms with Crippen LogP contribution in [0.1, 0.15) is 26.4 Å². The van der Waals surface area contributed by atoms with Crippen LogP contribution in [0, 0.1) is 0 Å². The quantitative estimate of drug-likeness (QED) is 0.747. The van der Waals surface area contributed by atoms with E-state index in [-0.39, 0.29) is 31.1 Å². The summed E-state index contributed by atoms with van der Waals surface area (Å²) in [6.45, 7) is 1.32. The first-order valence-electron chi connectivity index (χ1n) is 9.08. The van der Waals surface area contributed by atoms with Crippen LogP contribution in [0.4, 0.5) is 0 Å². The molecule has 2 aromatic rings. The third kappa shape index (κ3) is 2.80. The summed E-state index contributed by atoms with van der Waals surface area (Å²) < 4.78 is 17.5. The number of hydrogen-bond acceptors (Lipinski definition) is 7. The number of aromatic hydroxyl groups is 1. The van der Waals surface area contributed by atoms with Gasteiger partial charge in [0.15, 0.2) is 29.2 Å². The van der Waals surface area contributed by atoms with Crippen molar-refractivity contribution in [2.24, 2.45) is 0 Å². The highest BCUT2D eigenvalue weighted by Gasteiger charge is 2.39. The molecule has 0 saturated carbocycles. The van der Waals surface area contributed by atoms with Gasteiger partial charge in [0.25, 0.3) is 11.8 Å². The number of benzene rings is 1. The number of fused-ring (bicyclic) bond motifs is 3. The van der Waals surface area contributed by atoms with Gasteiger partial charge in [-0.15, -0.1) is 0 Å². The lowest BCUT2D eigenvalue weighted by Crippen LogP contribution is -2.46. The number of carbonyl (C=O) groups excluding carboxylic acids is 2. The van der Waals surface area contributed by atoms with Crippen LogP contribution in [0.5, 0.6) is 17.2 Å². The van der Waals surface area contributed by atoms with E-state index in [9.17, 15) is 19.5 Å². The molecule has 1 aromatic carbocycles. The SMILES string of the molecule is O=C(NCc1ccc2c(c1)OCO2)c1cn2c(c(O)c1=O)C(=O)N1CCOC1C2. The van der Waals surface area contributed by atoms with Gasteiger partial charge >= 0.3 is 0 Å². The minimum absolute atomic E-state index is 0.121. The maximum atomic E-state index is 12.6. The van der Waals surface area contributed by atoms with Crippen molar-refractivity contribution in [3.63, 3.8) is 0 Å². The molecular formula is C19H17N3O7. The van der Waals surface area contributed by atoms with Crippen LogP contribution in [-0.2, 0) is 17.8 Å². The molecule has 0 radical (unpaired) electrons. The smallest absolute Gasteiger partial charge is 0.276 e. The predicted octanol–water partition coefficient (Wildman–Crippen LogP) is 0.0247.